The molecule has 19 heavy (non-hydrogen) atoms. The first kappa shape index (κ1) is 14.0. The van der Waals surface area contributed by atoms with Crippen molar-refractivity contribution in [2.75, 3.05) is 13.1 Å². The van der Waals surface area contributed by atoms with Gasteiger partial charge in [-0.25, -0.2) is 4.39 Å². The summed E-state index contributed by atoms with van der Waals surface area (Å²) >= 11 is 0. The number of carbonyl (C=O) groups is 1. The predicted molar refractivity (Wildman–Crippen MR) is 73.5 cm³/mol. The second-order valence-electron chi connectivity index (χ2n) is 5.07. The van der Waals surface area contributed by atoms with Gasteiger partial charge < -0.3 is 10.6 Å². The van der Waals surface area contributed by atoms with Crippen LogP contribution >= 0.6 is 0 Å². The van der Waals surface area contributed by atoms with Crippen molar-refractivity contribution in [3.8, 4) is 0 Å². The van der Waals surface area contributed by atoms with Crippen LogP contribution < -0.4 is 10.6 Å². The van der Waals surface area contributed by atoms with Crippen LogP contribution in [0.5, 0.6) is 0 Å². The molecule has 1 aromatic carbocycles. The van der Waals surface area contributed by atoms with Crippen molar-refractivity contribution in [1.82, 2.24) is 10.6 Å². The van der Waals surface area contributed by atoms with Gasteiger partial charge >= 0.3 is 0 Å². The first-order chi connectivity index (χ1) is 9.20. The van der Waals surface area contributed by atoms with Gasteiger partial charge in [0, 0.05) is 24.9 Å². The molecule has 2 rings (SSSR count). The average molecular weight is 264 g/mol. The molecule has 104 valence electrons. The number of halogens is 1. The number of hydrogen-bond acceptors (Lipinski definition) is 2. The molecule has 2 unspecified atom stereocenters. The van der Waals surface area contributed by atoms with Crippen LogP contribution in [0.3, 0.4) is 0 Å². The van der Waals surface area contributed by atoms with Gasteiger partial charge in [0.05, 0.1) is 0 Å². The maximum Gasteiger partial charge on any atom is 0.220 e. The lowest BCUT2D eigenvalue weighted by Crippen LogP contribution is -2.49. The monoisotopic (exact) mass is 264 g/mol. The molecule has 1 aliphatic rings. The first-order valence-corrected chi connectivity index (χ1v) is 6.96. The van der Waals surface area contributed by atoms with Crippen LogP contribution in [-0.2, 0) is 4.79 Å². The van der Waals surface area contributed by atoms with E-state index in [0.717, 1.165) is 31.5 Å². The lowest BCUT2D eigenvalue weighted by molar-refractivity contribution is -0.122. The number of rotatable bonds is 4. The Morgan fingerprint density at radius 1 is 1.42 bits per heavy atom. The lowest BCUT2D eigenvalue weighted by atomic mass is 9.86. The molecule has 1 aromatic rings. The van der Waals surface area contributed by atoms with Crippen LogP contribution in [-0.4, -0.2) is 25.0 Å². The van der Waals surface area contributed by atoms with Crippen molar-refractivity contribution < 1.29 is 9.18 Å². The van der Waals surface area contributed by atoms with E-state index in [4.69, 9.17) is 0 Å². The highest BCUT2D eigenvalue weighted by Gasteiger charge is 2.27. The van der Waals surface area contributed by atoms with E-state index >= 15 is 0 Å². The molecule has 0 saturated carbocycles. The number of benzene rings is 1. The van der Waals surface area contributed by atoms with E-state index in [1.165, 1.54) is 12.1 Å². The second-order valence-corrected chi connectivity index (χ2v) is 5.07. The average Bonchev–Trinajstić information content (AvgIpc) is 2.41. The number of hydrogen-bond donors (Lipinski definition) is 2. The maximum absolute atomic E-state index is 13.0. The van der Waals surface area contributed by atoms with Gasteiger partial charge in [-0.2, -0.15) is 0 Å². The molecule has 0 radical (unpaired) electrons. The minimum Gasteiger partial charge on any atom is -0.351 e. The summed E-state index contributed by atoms with van der Waals surface area (Å²) in [6.45, 7) is 3.70. The Kier molecular flexibility index (Phi) is 4.91. The van der Waals surface area contributed by atoms with Gasteiger partial charge in [-0.3, -0.25) is 4.79 Å². The minimum atomic E-state index is -0.218. The second kappa shape index (κ2) is 6.66. The quantitative estimate of drug-likeness (QED) is 0.875. The Balaban J connectivity index is 2.07. The molecule has 4 heteroatoms. The zero-order valence-corrected chi connectivity index (χ0v) is 11.3. The Hall–Kier alpha value is -1.42. The van der Waals surface area contributed by atoms with Gasteiger partial charge in [-0.1, -0.05) is 19.1 Å². The summed E-state index contributed by atoms with van der Waals surface area (Å²) < 4.78 is 13.0. The Bertz CT molecular complexity index is 419. The summed E-state index contributed by atoms with van der Waals surface area (Å²) in [5.41, 5.74) is 1.10. The van der Waals surface area contributed by atoms with Gasteiger partial charge in [0.1, 0.15) is 5.82 Å². The minimum absolute atomic E-state index is 0.0956. The summed E-state index contributed by atoms with van der Waals surface area (Å²) in [4.78, 5) is 11.7. The molecule has 0 aromatic heterocycles. The van der Waals surface area contributed by atoms with E-state index in [2.05, 4.69) is 10.6 Å². The molecule has 3 nitrogen and oxygen atoms in total. The highest BCUT2D eigenvalue weighted by atomic mass is 19.1. The molecule has 1 fully saturated rings. The van der Waals surface area contributed by atoms with E-state index in [9.17, 15) is 9.18 Å². The summed E-state index contributed by atoms with van der Waals surface area (Å²) in [6.07, 6.45) is 2.38. The summed E-state index contributed by atoms with van der Waals surface area (Å²) in [7, 11) is 0. The van der Waals surface area contributed by atoms with Crippen molar-refractivity contribution in [3.63, 3.8) is 0 Å². The van der Waals surface area contributed by atoms with Crippen molar-refractivity contribution in [2.45, 2.75) is 38.1 Å². The predicted octanol–water partition coefficient (Wildman–Crippen LogP) is 2.19. The molecule has 2 atom stereocenters. The molecule has 1 heterocycles. The molecule has 0 bridgehead atoms. The molecule has 1 amide bonds. The third-order valence-corrected chi connectivity index (χ3v) is 3.60. The van der Waals surface area contributed by atoms with Crippen LogP contribution in [0, 0.1) is 5.82 Å². The summed E-state index contributed by atoms with van der Waals surface area (Å²) in [5, 5.41) is 6.39. The largest absolute Gasteiger partial charge is 0.351 e. The van der Waals surface area contributed by atoms with Crippen molar-refractivity contribution >= 4 is 5.91 Å². The fourth-order valence-corrected chi connectivity index (χ4v) is 2.63. The SMILES string of the molecule is CCCC(=O)NC1CNCCC1c1ccc(F)cc1. The molecule has 2 N–H and O–H groups in total. The number of piperidine rings is 1. The summed E-state index contributed by atoms with van der Waals surface area (Å²) in [6, 6.07) is 6.72. The number of nitrogens with one attached hydrogen (secondary N) is 2. The lowest BCUT2D eigenvalue weighted by Gasteiger charge is -2.33. The van der Waals surface area contributed by atoms with Gasteiger partial charge in [-0.05, 0) is 37.1 Å². The molecule has 1 aliphatic heterocycles. The molecule has 1 saturated heterocycles. The Morgan fingerprint density at radius 2 is 2.16 bits per heavy atom. The van der Waals surface area contributed by atoms with Crippen molar-refractivity contribution in [3.05, 3.63) is 35.6 Å². The van der Waals surface area contributed by atoms with Gasteiger partial charge in [0.25, 0.3) is 0 Å². The smallest absolute Gasteiger partial charge is 0.220 e. The molecule has 0 aliphatic carbocycles. The Labute approximate surface area is 113 Å². The fourth-order valence-electron chi connectivity index (χ4n) is 2.63. The highest BCUT2D eigenvalue weighted by Crippen LogP contribution is 2.25. The first-order valence-electron chi connectivity index (χ1n) is 6.96. The van der Waals surface area contributed by atoms with Crippen LogP contribution in [0.1, 0.15) is 37.7 Å². The van der Waals surface area contributed by atoms with E-state index in [1.807, 2.05) is 19.1 Å². The Morgan fingerprint density at radius 3 is 2.84 bits per heavy atom. The van der Waals surface area contributed by atoms with Crippen molar-refractivity contribution in [1.29, 1.82) is 0 Å². The zero-order valence-electron chi connectivity index (χ0n) is 11.3. The third kappa shape index (κ3) is 3.77. The number of carbonyl (C=O) groups excluding carboxylic acids is 1. The molecular formula is C15H21FN2O. The topological polar surface area (TPSA) is 41.1 Å². The fraction of sp³-hybridized carbons (Fsp3) is 0.533. The van der Waals surface area contributed by atoms with Gasteiger partial charge in [-0.15, -0.1) is 0 Å². The van der Waals surface area contributed by atoms with E-state index < -0.39 is 0 Å². The van der Waals surface area contributed by atoms with Crippen molar-refractivity contribution in [2.24, 2.45) is 0 Å². The van der Waals surface area contributed by atoms with E-state index in [0.29, 0.717) is 6.42 Å². The normalized spacial score (nSPS) is 23.1. The van der Waals surface area contributed by atoms with E-state index in [1.54, 1.807) is 0 Å². The van der Waals surface area contributed by atoms with Gasteiger partial charge in [0.15, 0.2) is 0 Å². The van der Waals surface area contributed by atoms with Crippen LogP contribution in [0.15, 0.2) is 24.3 Å². The molecule has 0 spiro atoms. The van der Waals surface area contributed by atoms with Crippen LogP contribution in [0.25, 0.3) is 0 Å². The summed E-state index contributed by atoms with van der Waals surface area (Å²) in [5.74, 6) is 0.148. The zero-order chi connectivity index (χ0) is 13.7. The van der Waals surface area contributed by atoms with Crippen LogP contribution in [0.4, 0.5) is 4.39 Å². The third-order valence-electron chi connectivity index (χ3n) is 3.60. The highest BCUT2D eigenvalue weighted by molar-refractivity contribution is 5.76. The molecular weight excluding hydrogens is 243 g/mol. The van der Waals surface area contributed by atoms with E-state index in [-0.39, 0.29) is 23.7 Å². The standard InChI is InChI=1S/C15H21FN2O/c1-2-3-15(19)18-14-10-17-9-8-13(14)11-4-6-12(16)7-5-11/h4-7,13-14,17H,2-3,8-10H2,1H3,(H,18,19). The van der Waals surface area contributed by atoms with Gasteiger partial charge in [0.2, 0.25) is 5.91 Å². The maximum atomic E-state index is 13.0. The number of amides is 1. The van der Waals surface area contributed by atoms with Crippen LogP contribution in [0.2, 0.25) is 0 Å².